The van der Waals surface area contributed by atoms with E-state index in [1.54, 1.807) is 60.7 Å². The number of aromatic carboxylic acids is 1. The highest BCUT2D eigenvalue weighted by atomic mass is 32.2. The fraction of sp³-hybridized carbons (Fsp3) is 0.0833. The van der Waals surface area contributed by atoms with Gasteiger partial charge >= 0.3 is 11.6 Å². The molecule has 168 valence electrons. The zero-order chi connectivity index (χ0) is 23.6. The molecule has 0 atom stereocenters. The Morgan fingerprint density at radius 3 is 2.48 bits per heavy atom. The van der Waals surface area contributed by atoms with Crippen LogP contribution in [0.4, 0.5) is 5.69 Å². The SMILES string of the molecule is CS(=O)(=O)Nc1ccc(-c2cc3ccc(OCc4cccc(C(=O)O)c4)cc3oc2=O)cc1. The topological polar surface area (TPSA) is 123 Å². The summed E-state index contributed by atoms with van der Waals surface area (Å²) in [4.78, 5) is 23.7. The van der Waals surface area contributed by atoms with E-state index in [4.69, 9.17) is 14.3 Å². The molecule has 0 amide bonds. The molecule has 1 aromatic heterocycles. The van der Waals surface area contributed by atoms with Gasteiger partial charge in [0.15, 0.2) is 0 Å². The minimum absolute atomic E-state index is 0.156. The van der Waals surface area contributed by atoms with Crippen molar-refractivity contribution in [2.45, 2.75) is 6.61 Å². The Labute approximate surface area is 189 Å². The first-order valence-electron chi connectivity index (χ1n) is 9.79. The average molecular weight is 465 g/mol. The third kappa shape index (κ3) is 5.39. The van der Waals surface area contributed by atoms with Crippen LogP contribution >= 0.6 is 0 Å². The number of carboxylic acid groups (broad SMARTS) is 1. The van der Waals surface area contributed by atoms with Crippen molar-refractivity contribution in [1.82, 2.24) is 0 Å². The molecular weight excluding hydrogens is 446 g/mol. The van der Waals surface area contributed by atoms with E-state index in [2.05, 4.69) is 4.72 Å². The Kier molecular flexibility index (Phi) is 5.89. The second kappa shape index (κ2) is 8.79. The molecular formula is C24H19NO7S. The summed E-state index contributed by atoms with van der Waals surface area (Å²) in [5, 5.41) is 9.78. The molecule has 33 heavy (non-hydrogen) atoms. The summed E-state index contributed by atoms with van der Waals surface area (Å²) < 4.78 is 36.3. The van der Waals surface area contributed by atoms with Crippen molar-refractivity contribution in [2.75, 3.05) is 11.0 Å². The van der Waals surface area contributed by atoms with E-state index < -0.39 is 21.6 Å². The molecule has 4 rings (SSSR count). The molecule has 0 saturated heterocycles. The molecule has 0 aliphatic carbocycles. The summed E-state index contributed by atoms with van der Waals surface area (Å²) in [7, 11) is -3.39. The van der Waals surface area contributed by atoms with Crippen LogP contribution in [0.1, 0.15) is 15.9 Å². The van der Waals surface area contributed by atoms with Crippen molar-refractivity contribution in [3.63, 3.8) is 0 Å². The van der Waals surface area contributed by atoms with Gasteiger partial charge in [0.2, 0.25) is 10.0 Å². The number of fused-ring (bicyclic) bond motifs is 1. The standard InChI is InChI=1S/C24H19NO7S/c1-33(29,30)25-19-8-5-16(6-9-19)21-12-17-7-10-20(13-22(17)32-24(21)28)31-14-15-3-2-4-18(11-15)23(26)27/h2-13,25H,14H2,1H3,(H,26,27). The van der Waals surface area contributed by atoms with Crippen molar-refractivity contribution in [1.29, 1.82) is 0 Å². The van der Waals surface area contributed by atoms with Gasteiger partial charge in [-0.1, -0.05) is 24.3 Å². The largest absolute Gasteiger partial charge is 0.489 e. The Morgan fingerprint density at radius 1 is 1.03 bits per heavy atom. The summed E-state index contributed by atoms with van der Waals surface area (Å²) in [6.07, 6.45) is 1.06. The molecule has 0 unspecified atom stereocenters. The average Bonchev–Trinajstić information content (AvgIpc) is 2.77. The summed E-state index contributed by atoms with van der Waals surface area (Å²) in [5.74, 6) is -0.545. The molecule has 1 heterocycles. The molecule has 0 bridgehead atoms. The van der Waals surface area contributed by atoms with Crippen LogP contribution in [0.25, 0.3) is 22.1 Å². The monoisotopic (exact) mass is 465 g/mol. The van der Waals surface area contributed by atoms with Gasteiger partial charge in [0, 0.05) is 17.1 Å². The van der Waals surface area contributed by atoms with E-state index in [0.717, 1.165) is 6.26 Å². The van der Waals surface area contributed by atoms with Crippen LogP contribution in [0.2, 0.25) is 0 Å². The first-order chi connectivity index (χ1) is 15.7. The maximum atomic E-state index is 12.6. The van der Waals surface area contributed by atoms with Crippen LogP contribution in [0.5, 0.6) is 5.75 Å². The molecule has 9 heteroatoms. The molecule has 0 spiro atoms. The zero-order valence-corrected chi connectivity index (χ0v) is 18.3. The van der Waals surface area contributed by atoms with Gasteiger partial charge in [-0.2, -0.15) is 0 Å². The van der Waals surface area contributed by atoms with Crippen LogP contribution in [-0.2, 0) is 16.6 Å². The lowest BCUT2D eigenvalue weighted by Crippen LogP contribution is -2.09. The molecule has 2 N–H and O–H groups in total. The van der Waals surface area contributed by atoms with Gasteiger partial charge in [-0.05, 0) is 53.6 Å². The number of ether oxygens (including phenoxy) is 1. The van der Waals surface area contributed by atoms with Crippen molar-refractivity contribution in [3.05, 3.63) is 94.3 Å². The van der Waals surface area contributed by atoms with Crippen LogP contribution in [0.3, 0.4) is 0 Å². The van der Waals surface area contributed by atoms with Gasteiger partial charge < -0.3 is 14.3 Å². The number of nitrogens with one attached hydrogen (secondary N) is 1. The lowest BCUT2D eigenvalue weighted by atomic mass is 10.1. The summed E-state index contributed by atoms with van der Waals surface area (Å²) >= 11 is 0. The number of sulfonamides is 1. The Bertz CT molecular complexity index is 1510. The zero-order valence-electron chi connectivity index (χ0n) is 17.4. The third-order valence-corrected chi connectivity index (χ3v) is 5.39. The molecule has 0 fully saturated rings. The third-order valence-electron chi connectivity index (χ3n) is 4.79. The Hall–Kier alpha value is -4.11. The van der Waals surface area contributed by atoms with Crippen LogP contribution in [0.15, 0.2) is 82.0 Å². The van der Waals surface area contributed by atoms with E-state index in [-0.39, 0.29) is 12.2 Å². The van der Waals surface area contributed by atoms with Gasteiger partial charge in [-0.15, -0.1) is 0 Å². The van der Waals surface area contributed by atoms with Gasteiger partial charge in [0.05, 0.1) is 17.4 Å². The highest BCUT2D eigenvalue weighted by Crippen LogP contribution is 2.26. The molecule has 0 radical (unpaired) electrons. The van der Waals surface area contributed by atoms with E-state index in [9.17, 15) is 18.0 Å². The predicted molar refractivity (Wildman–Crippen MR) is 124 cm³/mol. The van der Waals surface area contributed by atoms with Crippen molar-refractivity contribution in [2.24, 2.45) is 0 Å². The summed E-state index contributed by atoms with van der Waals surface area (Å²) in [6.45, 7) is 0.156. The number of anilines is 1. The molecule has 0 saturated carbocycles. The summed E-state index contributed by atoms with van der Waals surface area (Å²) in [6, 6.07) is 19.6. The maximum Gasteiger partial charge on any atom is 0.344 e. The highest BCUT2D eigenvalue weighted by Gasteiger charge is 2.10. The van der Waals surface area contributed by atoms with Gasteiger partial charge in [0.25, 0.3) is 0 Å². The maximum absolute atomic E-state index is 12.6. The van der Waals surface area contributed by atoms with E-state index in [1.165, 1.54) is 12.1 Å². The normalized spacial score (nSPS) is 11.3. The van der Waals surface area contributed by atoms with E-state index in [0.29, 0.717) is 39.1 Å². The van der Waals surface area contributed by atoms with Crippen molar-refractivity contribution in [3.8, 4) is 16.9 Å². The fourth-order valence-corrected chi connectivity index (χ4v) is 3.84. The lowest BCUT2D eigenvalue weighted by molar-refractivity contribution is 0.0696. The predicted octanol–water partition coefficient (Wildman–Crippen LogP) is 4.11. The van der Waals surface area contributed by atoms with E-state index >= 15 is 0 Å². The number of carboxylic acids is 1. The molecule has 4 aromatic rings. The molecule has 3 aromatic carbocycles. The minimum atomic E-state index is -3.39. The number of hydrogen-bond donors (Lipinski definition) is 2. The fourth-order valence-electron chi connectivity index (χ4n) is 3.28. The quantitative estimate of drug-likeness (QED) is 0.394. The van der Waals surface area contributed by atoms with Gasteiger partial charge in [-0.3, -0.25) is 4.72 Å². The second-order valence-corrected chi connectivity index (χ2v) is 9.14. The smallest absolute Gasteiger partial charge is 0.344 e. The number of benzene rings is 3. The Morgan fingerprint density at radius 2 is 1.79 bits per heavy atom. The molecule has 0 aliphatic rings. The Balaban J connectivity index is 1.55. The van der Waals surface area contributed by atoms with Crippen molar-refractivity contribution < 1.29 is 27.5 Å². The first kappa shape index (κ1) is 22.1. The first-order valence-corrected chi connectivity index (χ1v) is 11.7. The summed E-state index contributed by atoms with van der Waals surface area (Å²) in [5.41, 5.74) is 1.99. The van der Waals surface area contributed by atoms with Crippen LogP contribution in [0, 0.1) is 0 Å². The number of hydrogen-bond acceptors (Lipinski definition) is 6. The minimum Gasteiger partial charge on any atom is -0.489 e. The number of carbonyl (C=O) groups is 1. The van der Waals surface area contributed by atoms with Crippen molar-refractivity contribution >= 4 is 32.6 Å². The molecule has 0 aliphatic heterocycles. The van der Waals surface area contributed by atoms with Crippen LogP contribution in [-0.4, -0.2) is 25.7 Å². The van der Waals surface area contributed by atoms with Gasteiger partial charge in [0.1, 0.15) is 17.9 Å². The van der Waals surface area contributed by atoms with E-state index in [1.807, 2.05) is 0 Å². The number of rotatable bonds is 7. The second-order valence-electron chi connectivity index (χ2n) is 7.39. The van der Waals surface area contributed by atoms with Gasteiger partial charge in [-0.25, -0.2) is 18.0 Å². The van der Waals surface area contributed by atoms with Crippen LogP contribution < -0.4 is 15.1 Å². The highest BCUT2D eigenvalue weighted by molar-refractivity contribution is 7.92. The lowest BCUT2D eigenvalue weighted by Gasteiger charge is -2.09. The molecule has 8 nitrogen and oxygen atoms in total.